The van der Waals surface area contributed by atoms with Crippen molar-refractivity contribution in [3.8, 4) is 11.4 Å². The van der Waals surface area contributed by atoms with Gasteiger partial charge in [-0.2, -0.15) is 0 Å². The number of ether oxygens (including phenoxy) is 1. The summed E-state index contributed by atoms with van der Waals surface area (Å²) >= 11 is 0. The Morgan fingerprint density at radius 3 is 2.54 bits per heavy atom. The minimum Gasteiger partial charge on any atom is -0.491 e. The maximum Gasteiger partial charge on any atom is 0.273 e. The van der Waals surface area contributed by atoms with Crippen molar-refractivity contribution >= 4 is 18.3 Å². The second-order valence-corrected chi connectivity index (χ2v) is 6.06. The molecule has 0 saturated heterocycles. The topological polar surface area (TPSA) is 95.1 Å². The van der Waals surface area contributed by atoms with Crippen LogP contribution in [-0.2, 0) is 6.42 Å². The molecule has 1 heterocycles. The predicted molar refractivity (Wildman–Crippen MR) is 104 cm³/mol. The van der Waals surface area contributed by atoms with Crippen molar-refractivity contribution in [2.45, 2.75) is 46.1 Å². The summed E-state index contributed by atoms with van der Waals surface area (Å²) in [6, 6.07) is 7.61. The molecule has 8 heteroatoms. The highest BCUT2D eigenvalue weighted by Gasteiger charge is 2.19. The van der Waals surface area contributed by atoms with Crippen LogP contribution in [0.15, 0.2) is 24.3 Å². The Bertz CT molecular complexity index is 685. The van der Waals surface area contributed by atoms with Gasteiger partial charge in [0.25, 0.3) is 5.91 Å². The molecular weight excluding hydrogens is 354 g/mol. The van der Waals surface area contributed by atoms with Crippen molar-refractivity contribution in [3.63, 3.8) is 0 Å². The van der Waals surface area contributed by atoms with E-state index in [0.29, 0.717) is 25.2 Å². The number of nitrogens with two attached hydrogens (primary N) is 1. The van der Waals surface area contributed by atoms with Gasteiger partial charge in [0.2, 0.25) is 0 Å². The van der Waals surface area contributed by atoms with E-state index in [9.17, 15) is 4.79 Å². The van der Waals surface area contributed by atoms with Gasteiger partial charge in [-0.3, -0.25) is 4.79 Å². The van der Waals surface area contributed by atoms with Crippen LogP contribution in [0.25, 0.3) is 5.69 Å². The van der Waals surface area contributed by atoms with Gasteiger partial charge < -0.3 is 15.8 Å². The highest BCUT2D eigenvalue weighted by Crippen LogP contribution is 2.18. The molecule has 0 spiro atoms. The second-order valence-electron chi connectivity index (χ2n) is 6.06. The zero-order chi connectivity index (χ0) is 18.2. The lowest BCUT2D eigenvalue weighted by Gasteiger charge is -2.11. The SMILES string of the molecule is CCc1c(C(=O)NCCCCN)nnn1-c1ccc(OC(C)C)cc1.Cl. The normalized spacial score (nSPS) is 10.5. The van der Waals surface area contributed by atoms with Gasteiger partial charge in [-0.25, -0.2) is 4.68 Å². The van der Waals surface area contributed by atoms with Crippen molar-refractivity contribution in [3.05, 3.63) is 35.7 Å². The van der Waals surface area contributed by atoms with Crippen LogP contribution in [0.1, 0.15) is 49.8 Å². The fourth-order valence-corrected chi connectivity index (χ4v) is 2.50. The molecular formula is C18H28ClN5O2. The minimum atomic E-state index is -0.195. The summed E-state index contributed by atoms with van der Waals surface area (Å²) in [5.41, 5.74) is 7.47. The van der Waals surface area contributed by atoms with Crippen LogP contribution in [0.5, 0.6) is 5.75 Å². The van der Waals surface area contributed by atoms with Gasteiger partial charge in [0.1, 0.15) is 5.75 Å². The van der Waals surface area contributed by atoms with E-state index in [-0.39, 0.29) is 24.4 Å². The third-order valence-electron chi connectivity index (χ3n) is 3.68. The average molecular weight is 382 g/mol. The van der Waals surface area contributed by atoms with Gasteiger partial charge in [-0.05, 0) is 63.9 Å². The van der Waals surface area contributed by atoms with E-state index in [0.717, 1.165) is 30.0 Å². The molecule has 0 fully saturated rings. The number of aromatic nitrogens is 3. The van der Waals surface area contributed by atoms with Crippen LogP contribution in [0.3, 0.4) is 0 Å². The van der Waals surface area contributed by atoms with Crippen molar-refractivity contribution in [1.82, 2.24) is 20.3 Å². The van der Waals surface area contributed by atoms with E-state index in [1.54, 1.807) is 4.68 Å². The van der Waals surface area contributed by atoms with Crippen molar-refractivity contribution < 1.29 is 9.53 Å². The first-order chi connectivity index (χ1) is 12.1. The lowest BCUT2D eigenvalue weighted by Crippen LogP contribution is -2.26. The van der Waals surface area contributed by atoms with E-state index in [4.69, 9.17) is 10.5 Å². The van der Waals surface area contributed by atoms with Crippen molar-refractivity contribution in [1.29, 1.82) is 0 Å². The van der Waals surface area contributed by atoms with Crippen LogP contribution < -0.4 is 15.8 Å². The van der Waals surface area contributed by atoms with Gasteiger partial charge in [-0.15, -0.1) is 17.5 Å². The maximum absolute atomic E-state index is 12.3. The number of hydrogen-bond donors (Lipinski definition) is 2. The number of unbranched alkanes of at least 4 members (excludes halogenated alkanes) is 1. The van der Waals surface area contributed by atoms with E-state index < -0.39 is 0 Å². The molecule has 0 aliphatic heterocycles. The predicted octanol–water partition coefficient (Wildman–Crippen LogP) is 2.51. The number of hydrogen-bond acceptors (Lipinski definition) is 5. The molecule has 0 bridgehead atoms. The highest BCUT2D eigenvalue weighted by molar-refractivity contribution is 5.93. The first-order valence-electron chi connectivity index (χ1n) is 8.76. The molecule has 0 radical (unpaired) electrons. The van der Waals surface area contributed by atoms with Gasteiger partial charge in [0, 0.05) is 6.54 Å². The fourth-order valence-electron chi connectivity index (χ4n) is 2.50. The summed E-state index contributed by atoms with van der Waals surface area (Å²) < 4.78 is 7.35. The van der Waals surface area contributed by atoms with Crippen LogP contribution in [0.4, 0.5) is 0 Å². The first kappa shape index (κ1) is 21.9. The molecule has 0 aliphatic carbocycles. The Morgan fingerprint density at radius 1 is 1.27 bits per heavy atom. The number of carbonyl (C=O) groups excluding carboxylic acids is 1. The Morgan fingerprint density at radius 2 is 1.96 bits per heavy atom. The Balaban J connectivity index is 0.00000338. The third-order valence-corrected chi connectivity index (χ3v) is 3.68. The third kappa shape index (κ3) is 5.71. The lowest BCUT2D eigenvalue weighted by molar-refractivity contribution is 0.0947. The minimum absolute atomic E-state index is 0. The fraction of sp³-hybridized carbons (Fsp3) is 0.500. The van der Waals surface area contributed by atoms with Crippen molar-refractivity contribution in [2.75, 3.05) is 13.1 Å². The summed E-state index contributed by atoms with van der Waals surface area (Å²) in [7, 11) is 0. The van der Waals surface area contributed by atoms with Gasteiger partial charge >= 0.3 is 0 Å². The zero-order valence-corrected chi connectivity index (χ0v) is 16.4. The Labute approximate surface area is 160 Å². The van der Waals surface area contributed by atoms with Crippen LogP contribution in [0.2, 0.25) is 0 Å². The van der Waals surface area contributed by atoms with Gasteiger partial charge in [-0.1, -0.05) is 12.1 Å². The van der Waals surface area contributed by atoms with Gasteiger partial charge in [0.15, 0.2) is 5.69 Å². The molecule has 0 unspecified atom stereocenters. The van der Waals surface area contributed by atoms with Gasteiger partial charge in [0.05, 0.1) is 17.5 Å². The molecule has 2 aromatic rings. The standard InChI is InChI=1S/C18H27N5O2.ClH/c1-4-16-17(18(24)20-12-6-5-11-19)21-22-23(16)14-7-9-15(10-8-14)25-13(2)3;/h7-10,13H,4-6,11-12,19H2,1-3H3,(H,20,24);1H. The molecule has 144 valence electrons. The Kier molecular flexibility index (Phi) is 9.09. The number of nitrogens with one attached hydrogen (secondary N) is 1. The van der Waals surface area contributed by atoms with Crippen LogP contribution >= 0.6 is 12.4 Å². The van der Waals surface area contributed by atoms with Crippen LogP contribution in [0, 0.1) is 0 Å². The largest absolute Gasteiger partial charge is 0.491 e. The number of amides is 1. The average Bonchev–Trinajstić information content (AvgIpc) is 3.02. The number of rotatable bonds is 9. The molecule has 26 heavy (non-hydrogen) atoms. The van der Waals surface area contributed by atoms with Crippen molar-refractivity contribution in [2.24, 2.45) is 5.73 Å². The summed E-state index contributed by atoms with van der Waals surface area (Å²) in [6.45, 7) is 7.17. The van der Waals surface area contributed by atoms with E-state index >= 15 is 0 Å². The molecule has 2 rings (SSSR count). The van der Waals surface area contributed by atoms with E-state index in [1.807, 2.05) is 45.0 Å². The summed E-state index contributed by atoms with van der Waals surface area (Å²) in [4.78, 5) is 12.3. The summed E-state index contributed by atoms with van der Waals surface area (Å²) in [6.07, 6.45) is 2.52. The number of halogens is 1. The second kappa shape index (κ2) is 10.8. The first-order valence-corrected chi connectivity index (χ1v) is 8.76. The maximum atomic E-state index is 12.3. The molecule has 0 atom stereocenters. The molecule has 1 aromatic heterocycles. The summed E-state index contributed by atoms with van der Waals surface area (Å²) in [5.74, 6) is 0.606. The molecule has 1 aromatic carbocycles. The zero-order valence-electron chi connectivity index (χ0n) is 15.6. The number of benzene rings is 1. The molecule has 7 nitrogen and oxygen atoms in total. The number of nitrogens with zero attached hydrogens (tertiary/aromatic N) is 3. The molecule has 0 aliphatic rings. The quantitative estimate of drug-likeness (QED) is 0.651. The smallest absolute Gasteiger partial charge is 0.273 e. The van der Waals surface area contributed by atoms with E-state index in [1.165, 1.54) is 0 Å². The molecule has 3 N–H and O–H groups in total. The molecule has 0 saturated carbocycles. The lowest BCUT2D eigenvalue weighted by atomic mass is 10.2. The number of carbonyl (C=O) groups is 1. The van der Waals surface area contributed by atoms with E-state index in [2.05, 4.69) is 15.6 Å². The summed E-state index contributed by atoms with van der Waals surface area (Å²) in [5, 5.41) is 11.1. The monoisotopic (exact) mass is 381 g/mol. The highest BCUT2D eigenvalue weighted by atomic mass is 35.5. The Hall–Kier alpha value is -2.12. The van der Waals surface area contributed by atoms with Crippen LogP contribution in [-0.4, -0.2) is 40.1 Å². The molecule has 1 amide bonds.